The van der Waals surface area contributed by atoms with Gasteiger partial charge in [-0.05, 0) is 55.5 Å². The Morgan fingerprint density at radius 2 is 1.85 bits per heavy atom. The zero-order chi connectivity index (χ0) is 14.8. The lowest BCUT2D eigenvalue weighted by Crippen LogP contribution is -2.26. The Balaban J connectivity index is 1.95. The SMILES string of the molecule is CNCCc1ccc(S(=O)(=O)NCC2CC2(C)C)cc1. The molecule has 0 aliphatic heterocycles. The largest absolute Gasteiger partial charge is 0.319 e. The number of sulfonamides is 1. The van der Waals surface area contributed by atoms with E-state index in [1.54, 1.807) is 12.1 Å². The van der Waals surface area contributed by atoms with Gasteiger partial charge in [-0.1, -0.05) is 26.0 Å². The zero-order valence-electron chi connectivity index (χ0n) is 12.4. The van der Waals surface area contributed by atoms with Gasteiger partial charge in [0.05, 0.1) is 4.90 Å². The third-order valence-electron chi connectivity index (χ3n) is 4.13. The number of nitrogens with one attached hydrogen (secondary N) is 2. The molecular formula is C15H24N2O2S. The van der Waals surface area contributed by atoms with Gasteiger partial charge in [0, 0.05) is 6.54 Å². The Labute approximate surface area is 122 Å². The minimum atomic E-state index is -3.37. The summed E-state index contributed by atoms with van der Waals surface area (Å²) in [5, 5.41) is 3.08. The maximum absolute atomic E-state index is 12.2. The van der Waals surface area contributed by atoms with Crippen molar-refractivity contribution in [3.05, 3.63) is 29.8 Å². The summed E-state index contributed by atoms with van der Waals surface area (Å²) in [5.41, 5.74) is 1.43. The van der Waals surface area contributed by atoms with Crippen molar-refractivity contribution in [3.8, 4) is 0 Å². The van der Waals surface area contributed by atoms with Crippen LogP contribution in [0.5, 0.6) is 0 Å². The van der Waals surface area contributed by atoms with E-state index in [-0.39, 0.29) is 0 Å². The average molecular weight is 296 g/mol. The molecule has 1 aromatic carbocycles. The highest BCUT2D eigenvalue weighted by molar-refractivity contribution is 7.89. The Morgan fingerprint density at radius 1 is 1.25 bits per heavy atom. The van der Waals surface area contributed by atoms with Crippen LogP contribution in [0.25, 0.3) is 0 Å². The van der Waals surface area contributed by atoms with Crippen LogP contribution < -0.4 is 10.0 Å². The maximum Gasteiger partial charge on any atom is 0.240 e. The molecule has 0 amide bonds. The van der Waals surface area contributed by atoms with Gasteiger partial charge in [0.25, 0.3) is 0 Å². The van der Waals surface area contributed by atoms with Gasteiger partial charge in [-0.15, -0.1) is 0 Å². The van der Waals surface area contributed by atoms with Gasteiger partial charge in [0.1, 0.15) is 0 Å². The third kappa shape index (κ3) is 3.81. The molecule has 0 saturated heterocycles. The summed E-state index contributed by atoms with van der Waals surface area (Å²) in [4.78, 5) is 0.351. The normalized spacial score (nSPS) is 20.9. The van der Waals surface area contributed by atoms with E-state index in [0.717, 1.165) is 24.9 Å². The summed E-state index contributed by atoms with van der Waals surface area (Å²) in [6, 6.07) is 7.14. The van der Waals surface area contributed by atoms with Crippen LogP contribution in [-0.4, -0.2) is 28.6 Å². The summed E-state index contributed by atoms with van der Waals surface area (Å²) >= 11 is 0. The van der Waals surface area contributed by atoms with Crippen molar-refractivity contribution >= 4 is 10.0 Å². The average Bonchev–Trinajstić information content (AvgIpc) is 3.02. The van der Waals surface area contributed by atoms with Crippen LogP contribution in [0.15, 0.2) is 29.2 Å². The molecule has 2 N–H and O–H groups in total. The Kier molecular flexibility index (Phi) is 4.52. The van der Waals surface area contributed by atoms with E-state index in [1.165, 1.54) is 0 Å². The van der Waals surface area contributed by atoms with Crippen LogP contribution in [0.4, 0.5) is 0 Å². The van der Waals surface area contributed by atoms with Crippen LogP contribution in [0.1, 0.15) is 25.8 Å². The molecule has 0 aromatic heterocycles. The second kappa shape index (κ2) is 5.84. The second-order valence-electron chi connectivity index (χ2n) is 6.24. The maximum atomic E-state index is 12.2. The van der Waals surface area contributed by atoms with Crippen molar-refractivity contribution in [2.24, 2.45) is 11.3 Å². The van der Waals surface area contributed by atoms with E-state index in [1.807, 2.05) is 19.2 Å². The molecule has 1 aliphatic carbocycles. The third-order valence-corrected chi connectivity index (χ3v) is 5.57. The summed E-state index contributed by atoms with van der Waals surface area (Å²) in [6.45, 7) is 5.77. The molecule has 0 spiro atoms. The zero-order valence-corrected chi connectivity index (χ0v) is 13.3. The quantitative estimate of drug-likeness (QED) is 0.806. The van der Waals surface area contributed by atoms with E-state index >= 15 is 0 Å². The highest BCUT2D eigenvalue weighted by Gasteiger charge is 2.45. The molecule has 2 rings (SSSR count). The van der Waals surface area contributed by atoms with Gasteiger partial charge in [-0.25, -0.2) is 13.1 Å². The molecule has 0 radical (unpaired) electrons. The number of hydrogen-bond donors (Lipinski definition) is 2. The number of hydrogen-bond acceptors (Lipinski definition) is 3. The van der Waals surface area contributed by atoms with Crippen LogP contribution >= 0.6 is 0 Å². The molecule has 112 valence electrons. The highest BCUT2D eigenvalue weighted by atomic mass is 32.2. The van der Waals surface area contributed by atoms with E-state index < -0.39 is 10.0 Å². The fourth-order valence-corrected chi connectivity index (χ4v) is 3.40. The number of rotatable bonds is 7. The van der Waals surface area contributed by atoms with Gasteiger partial charge in [0.15, 0.2) is 0 Å². The van der Waals surface area contributed by atoms with Gasteiger partial charge >= 0.3 is 0 Å². The van der Waals surface area contributed by atoms with Crippen molar-refractivity contribution in [2.75, 3.05) is 20.1 Å². The predicted molar refractivity (Wildman–Crippen MR) is 81.1 cm³/mol. The lowest BCUT2D eigenvalue weighted by atomic mass is 10.1. The molecule has 1 atom stereocenters. The van der Waals surface area contributed by atoms with Crippen LogP contribution in [0, 0.1) is 11.3 Å². The molecule has 4 nitrogen and oxygen atoms in total. The molecule has 20 heavy (non-hydrogen) atoms. The minimum Gasteiger partial charge on any atom is -0.319 e. The first-order chi connectivity index (χ1) is 9.35. The lowest BCUT2D eigenvalue weighted by molar-refractivity contribution is 0.537. The van der Waals surface area contributed by atoms with Crippen LogP contribution in [0.2, 0.25) is 0 Å². The Bertz CT molecular complexity index is 550. The van der Waals surface area contributed by atoms with E-state index in [0.29, 0.717) is 22.8 Å². The fourth-order valence-electron chi connectivity index (χ4n) is 2.32. The van der Waals surface area contributed by atoms with Crippen molar-refractivity contribution in [1.29, 1.82) is 0 Å². The summed E-state index contributed by atoms with van der Waals surface area (Å²) in [7, 11) is -1.46. The van der Waals surface area contributed by atoms with Crippen molar-refractivity contribution < 1.29 is 8.42 Å². The van der Waals surface area contributed by atoms with E-state index in [2.05, 4.69) is 23.9 Å². The van der Waals surface area contributed by atoms with E-state index in [4.69, 9.17) is 0 Å². The fraction of sp³-hybridized carbons (Fsp3) is 0.600. The minimum absolute atomic E-state index is 0.291. The first-order valence-electron chi connectivity index (χ1n) is 7.08. The van der Waals surface area contributed by atoms with Crippen molar-refractivity contribution in [2.45, 2.75) is 31.6 Å². The van der Waals surface area contributed by atoms with Crippen LogP contribution in [-0.2, 0) is 16.4 Å². The van der Waals surface area contributed by atoms with Gasteiger partial charge in [-0.2, -0.15) is 0 Å². The second-order valence-corrected chi connectivity index (χ2v) is 8.01. The Hall–Kier alpha value is -0.910. The number of benzene rings is 1. The molecule has 0 bridgehead atoms. The van der Waals surface area contributed by atoms with Crippen LogP contribution in [0.3, 0.4) is 0 Å². The molecule has 1 fully saturated rings. The monoisotopic (exact) mass is 296 g/mol. The molecule has 0 heterocycles. The van der Waals surface area contributed by atoms with E-state index in [9.17, 15) is 8.42 Å². The molecular weight excluding hydrogens is 272 g/mol. The Morgan fingerprint density at radius 3 is 2.35 bits per heavy atom. The lowest BCUT2D eigenvalue weighted by Gasteiger charge is -2.08. The summed E-state index contributed by atoms with van der Waals surface area (Å²) < 4.78 is 27.1. The number of likely N-dealkylation sites (N-methyl/N-ethyl adjacent to an activating group) is 1. The highest BCUT2D eigenvalue weighted by Crippen LogP contribution is 2.51. The first kappa shape index (κ1) is 15.5. The van der Waals surface area contributed by atoms with Gasteiger partial charge < -0.3 is 5.32 Å². The predicted octanol–water partition coefficient (Wildman–Crippen LogP) is 1.77. The molecule has 1 aromatic rings. The van der Waals surface area contributed by atoms with Gasteiger partial charge in [-0.3, -0.25) is 0 Å². The van der Waals surface area contributed by atoms with Crippen molar-refractivity contribution in [3.63, 3.8) is 0 Å². The smallest absolute Gasteiger partial charge is 0.240 e. The molecule has 1 aliphatic rings. The summed E-state index contributed by atoms with van der Waals surface area (Å²) in [6.07, 6.45) is 2.00. The molecule has 1 saturated carbocycles. The summed E-state index contributed by atoms with van der Waals surface area (Å²) in [5.74, 6) is 0.465. The molecule has 1 unspecified atom stereocenters. The first-order valence-corrected chi connectivity index (χ1v) is 8.57. The standard InChI is InChI=1S/C15H24N2O2S/c1-15(2)10-13(15)11-17-20(18,19)14-6-4-12(5-7-14)8-9-16-3/h4-7,13,16-17H,8-11H2,1-3H3. The van der Waals surface area contributed by atoms with Crippen molar-refractivity contribution in [1.82, 2.24) is 10.0 Å². The van der Waals surface area contributed by atoms with Gasteiger partial charge in [0.2, 0.25) is 10.0 Å². The topological polar surface area (TPSA) is 58.2 Å². The molecule has 5 heteroatoms.